The topological polar surface area (TPSA) is 46.3 Å². The molecular weight excluding hydrogens is 248 g/mol. The molecule has 1 aliphatic heterocycles. The molecule has 1 aromatic rings. The van der Waals surface area contributed by atoms with Crippen LogP contribution in [0.1, 0.15) is 37.3 Å². The van der Waals surface area contributed by atoms with Crippen molar-refractivity contribution in [1.82, 2.24) is 4.90 Å². The van der Waals surface area contributed by atoms with Gasteiger partial charge in [-0.2, -0.15) is 0 Å². The number of carbonyl (C=O) groups excluding carboxylic acids is 1. The fourth-order valence-electron chi connectivity index (χ4n) is 2.32. The lowest BCUT2D eigenvalue weighted by molar-refractivity contribution is -0.132. The van der Waals surface area contributed by atoms with E-state index in [0.717, 1.165) is 31.5 Å². The summed E-state index contributed by atoms with van der Waals surface area (Å²) < 4.78 is 0. The number of hydrogen-bond acceptors (Lipinski definition) is 2. The van der Waals surface area contributed by atoms with E-state index in [1.165, 1.54) is 6.42 Å². The predicted octanol–water partition coefficient (Wildman–Crippen LogP) is 2.74. The standard InChI is InChI=1S/C14H19ClN2O/c15-12-6-4-5-11(9-12)13(16)10-14(18)17-7-2-1-3-8-17/h4-6,9,13H,1-3,7-8,10,16H2. The van der Waals surface area contributed by atoms with Crippen molar-refractivity contribution >= 4 is 17.5 Å². The summed E-state index contributed by atoms with van der Waals surface area (Å²) in [4.78, 5) is 14.0. The molecule has 1 aliphatic rings. The van der Waals surface area contributed by atoms with E-state index in [-0.39, 0.29) is 11.9 Å². The zero-order valence-electron chi connectivity index (χ0n) is 10.4. The van der Waals surface area contributed by atoms with Crippen LogP contribution in [0.2, 0.25) is 5.02 Å². The fraction of sp³-hybridized carbons (Fsp3) is 0.500. The minimum Gasteiger partial charge on any atom is -0.343 e. The average Bonchev–Trinajstić information content (AvgIpc) is 2.39. The molecular formula is C14H19ClN2O. The smallest absolute Gasteiger partial charge is 0.224 e. The lowest BCUT2D eigenvalue weighted by Gasteiger charge is -2.27. The lowest BCUT2D eigenvalue weighted by atomic mass is 10.0. The van der Waals surface area contributed by atoms with Crippen LogP contribution in [-0.2, 0) is 4.79 Å². The number of benzene rings is 1. The van der Waals surface area contributed by atoms with Gasteiger partial charge in [0.1, 0.15) is 0 Å². The summed E-state index contributed by atoms with van der Waals surface area (Å²) in [5, 5.41) is 0.661. The average molecular weight is 267 g/mol. The summed E-state index contributed by atoms with van der Waals surface area (Å²) in [6, 6.07) is 7.15. The van der Waals surface area contributed by atoms with Gasteiger partial charge in [-0.25, -0.2) is 0 Å². The van der Waals surface area contributed by atoms with Crippen LogP contribution in [0, 0.1) is 0 Å². The summed E-state index contributed by atoms with van der Waals surface area (Å²) in [6.45, 7) is 1.75. The summed E-state index contributed by atoms with van der Waals surface area (Å²) in [5.74, 6) is 0.155. The fourth-order valence-corrected chi connectivity index (χ4v) is 2.51. The van der Waals surface area contributed by atoms with E-state index in [0.29, 0.717) is 11.4 Å². The third kappa shape index (κ3) is 3.47. The Morgan fingerprint density at radius 2 is 2.06 bits per heavy atom. The molecule has 0 bridgehead atoms. The number of likely N-dealkylation sites (tertiary alicyclic amines) is 1. The number of amides is 1. The second kappa shape index (κ2) is 6.21. The van der Waals surface area contributed by atoms with Crippen LogP contribution < -0.4 is 5.73 Å². The van der Waals surface area contributed by atoms with Gasteiger partial charge in [-0.1, -0.05) is 23.7 Å². The lowest BCUT2D eigenvalue weighted by Crippen LogP contribution is -2.37. The number of rotatable bonds is 3. The first-order valence-electron chi connectivity index (χ1n) is 6.45. The highest BCUT2D eigenvalue weighted by Gasteiger charge is 2.19. The highest BCUT2D eigenvalue weighted by atomic mass is 35.5. The van der Waals surface area contributed by atoms with Crippen molar-refractivity contribution in [2.75, 3.05) is 13.1 Å². The molecule has 0 radical (unpaired) electrons. The molecule has 0 saturated carbocycles. The number of hydrogen-bond donors (Lipinski definition) is 1. The molecule has 1 aromatic carbocycles. The molecule has 2 N–H and O–H groups in total. The third-order valence-electron chi connectivity index (χ3n) is 3.38. The van der Waals surface area contributed by atoms with Gasteiger partial charge >= 0.3 is 0 Å². The van der Waals surface area contributed by atoms with E-state index < -0.39 is 0 Å². The Labute approximate surface area is 113 Å². The second-order valence-corrected chi connectivity index (χ2v) is 5.24. The highest BCUT2D eigenvalue weighted by molar-refractivity contribution is 6.30. The monoisotopic (exact) mass is 266 g/mol. The number of piperidine rings is 1. The van der Waals surface area contributed by atoms with Crippen LogP contribution >= 0.6 is 11.6 Å². The van der Waals surface area contributed by atoms with Crippen molar-refractivity contribution in [3.63, 3.8) is 0 Å². The van der Waals surface area contributed by atoms with Crippen LogP contribution in [0.5, 0.6) is 0 Å². The maximum Gasteiger partial charge on any atom is 0.224 e. The van der Waals surface area contributed by atoms with Crippen LogP contribution in [0.3, 0.4) is 0 Å². The summed E-state index contributed by atoms with van der Waals surface area (Å²) in [5.41, 5.74) is 6.99. The van der Waals surface area contributed by atoms with Gasteiger partial charge in [-0.05, 0) is 37.0 Å². The molecule has 3 nitrogen and oxygen atoms in total. The van der Waals surface area contributed by atoms with Crippen molar-refractivity contribution in [3.05, 3.63) is 34.9 Å². The van der Waals surface area contributed by atoms with Crippen molar-refractivity contribution in [2.24, 2.45) is 5.73 Å². The summed E-state index contributed by atoms with van der Waals surface area (Å²) in [6.07, 6.45) is 3.81. The largest absolute Gasteiger partial charge is 0.343 e. The Bertz CT molecular complexity index is 416. The Hall–Kier alpha value is -1.06. The zero-order valence-corrected chi connectivity index (χ0v) is 11.2. The van der Waals surface area contributed by atoms with Gasteiger partial charge in [0.05, 0.1) is 0 Å². The quantitative estimate of drug-likeness (QED) is 0.914. The van der Waals surface area contributed by atoms with Crippen LogP contribution in [0.25, 0.3) is 0 Å². The van der Waals surface area contributed by atoms with Crippen molar-refractivity contribution in [2.45, 2.75) is 31.7 Å². The molecule has 1 saturated heterocycles. The molecule has 0 aliphatic carbocycles. The molecule has 0 aromatic heterocycles. The van der Waals surface area contributed by atoms with Crippen molar-refractivity contribution < 1.29 is 4.79 Å². The van der Waals surface area contributed by atoms with Crippen molar-refractivity contribution in [1.29, 1.82) is 0 Å². The SMILES string of the molecule is NC(CC(=O)N1CCCCC1)c1cccc(Cl)c1. The van der Waals surface area contributed by atoms with Gasteiger partial charge in [0, 0.05) is 30.6 Å². The number of halogens is 1. The number of nitrogens with zero attached hydrogens (tertiary/aromatic N) is 1. The molecule has 18 heavy (non-hydrogen) atoms. The second-order valence-electron chi connectivity index (χ2n) is 4.81. The van der Waals surface area contributed by atoms with Gasteiger partial charge in [0.25, 0.3) is 0 Å². The molecule has 1 fully saturated rings. The number of nitrogens with two attached hydrogens (primary N) is 1. The molecule has 1 unspecified atom stereocenters. The van der Waals surface area contributed by atoms with Crippen LogP contribution in [0.4, 0.5) is 0 Å². The van der Waals surface area contributed by atoms with E-state index in [9.17, 15) is 4.79 Å². The van der Waals surface area contributed by atoms with E-state index in [1.54, 1.807) is 0 Å². The minimum absolute atomic E-state index is 0.155. The molecule has 1 heterocycles. The highest BCUT2D eigenvalue weighted by Crippen LogP contribution is 2.20. The van der Waals surface area contributed by atoms with Gasteiger partial charge in [0.15, 0.2) is 0 Å². The van der Waals surface area contributed by atoms with Crippen LogP contribution in [0.15, 0.2) is 24.3 Å². The minimum atomic E-state index is -0.266. The first-order valence-corrected chi connectivity index (χ1v) is 6.83. The third-order valence-corrected chi connectivity index (χ3v) is 3.62. The predicted molar refractivity (Wildman–Crippen MR) is 73.4 cm³/mol. The van der Waals surface area contributed by atoms with Gasteiger partial charge in [0.2, 0.25) is 5.91 Å². The van der Waals surface area contributed by atoms with Crippen molar-refractivity contribution in [3.8, 4) is 0 Å². The van der Waals surface area contributed by atoms with Crippen LogP contribution in [-0.4, -0.2) is 23.9 Å². The van der Waals surface area contributed by atoms with Gasteiger partial charge in [-0.15, -0.1) is 0 Å². The molecule has 98 valence electrons. The Morgan fingerprint density at radius 1 is 1.33 bits per heavy atom. The number of carbonyl (C=O) groups is 1. The van der Waals surface area contributed by atoms with E-state index in [2.05, 4.69) is 0 Å². The molecule has 1 amide bonds. The summed E-state index contributed by atoms with van der Waals surface area (Å²) in [7, 11) is 0. The van der Waals surface area contributed by atoms with E-state index >= 15 is 0 Å². The first kappa shape index (κ1) is 13.4. The molecule has 4 heteroatoms. The molecule has 1 atom stereocenters. The van der Waals surface area contributed by atoms with Gasteiger partial charge < -0.3 is 10.6 Å². The van der Waals surface area contributed by atoms with E-state index in [1.807, 2.05) is 29.2 Å². The Balaban J connectivity index is 1.94. The molecule has 2 rings (SSSR count). The maximum atomic E-state index is 12.1. The Kier molecular flexibility index (Phi) is 4.61. The molecule has 0 spiro atoms. The zero-order chi connectivity index (χ0) is 13.0. The van der Waals surface area contributed by atoms with Gasteiger partial charge in [-0.3, -0.25) is 4.79 Å². The Morgan fingerprint density at radius 3 is 2.72 bits per heavy atom. The van der Waals surface area contributed by atoms with E-state index in [4.69, 9.17) is 17.3 Å². The summed E-state index contributed by atoms with van der Waals surface area (Å²) >= 11 is 5.92. The maximum absolute atomic E-state index is 12.1. The normalized spacial score (nSPS) is 17.6. The first-order chi connectivity index (χ1) is 8.66.